The summed E-state index contributed by atoms with van der Waals surface area (Å²) in [6, 6.07) is 28.0. The van der Waals surface area contributed by atoms with E-state index in [1.165, 1.54) is 38.9 Å². The van der Waals surface area contributed by atoms with Gasteiger partial charge in [0.2, 0.25) is 0 Å². The number of fused-ring (bicyclic) bond motifs is 1. The molecule has 4 aromatic rings. The lowest BCUT2D eigenvalue weighted by Crippen LogP contribution is -2.05. The van der Waals surface area contributed by atoms with E-state index in [0.29, 0.717) is 6.54 Å². The molecule has 26 heavy (non-hydrogen) atoms. The van der Waals surface area contributed by atoms with Crippen LogP contribution in [0.3, 0.4) is 0 Å². The third-order valence-corrected chi connectivity index (χ3v) is 5.14. The second-order valence-electron chi connectivity index (χ2n) is 6.77. The highest BCUT2D eigenvalue weighted by molar-refractivity contribution is 5.90. The van der Waals surface area contributed by atoms with E-state index in [4.69, 9.17) is 5.73 Å². The molecule has 0 fully saturated rings. The fraction of sp³-hybridized carbons (Fsp3) is 0.167. The Kier molecular flexibility index (Phi) is 4.59. The second kappa shape index (κ2) is 7.19. The molecule has 1 heterocycles. The van der Waals surface area contributed by atoms with Crippen molar-refractivity contribution < 1.29 is 0 Å². The molecule has 0 saturated heterocycles. The Labute approximate surface area is 154 Å². The molecule has 130 valence electrons. The maximum Gasteiger partial charge on any atom is 0.0488 e. The van der Waals surface area contributed by atoms with Crippen molar-refractivity contribution in [3.63, 3.8) is 0 Å². The van der Waals surface area contributed by atoms with Gasteiger partial charge in [-0.15, -0.1) is 0 Å². The van der Waals surface area contributed by atoms with Crippen molar-refractivity contribution >= 4 is 10.9 Å². The minimum atomic E-state index is 0.668. The zero-order valence-electron chi connectivity index (χ0n) is 15.2. The van der Waals surface area contributed by atoms with Crippen molar-refractivity contribution in [2.75, 3.05) is 6.54 Å². The SMILES string of the molecule is Cc1c(CCN)c2cc(-c3ccccc3)ccc2n1Cc1ccccc1. The summed E-state index contributed by atoms with van der Waals surface area (Å²) >= 11 is 0. The van der Waals surface area contributed by atoms with Gasteiger partial charge in [-0.05, 0) is 54.3 Å². The monoisotopic (exact) mass is 340 g/mol. The number of benzene rings is 3. The molecule has 0 unspecified atom stereocenters. The summed E-state index contributed by atoms with van der Waals surface area (Å²) in [6.07, 6.45) is 0.905. The summed E-state index contributed by atoms with van der Waals surface area (Å²) in [7, 11) is 0. The van der Waals surface area contributed by atoms with Crippen LogP contribution in [0.1, 0.15) is 16.8 Å². The zero-order chi connectivity index (χ0) is 17.9. The van der Waals surface area contributed by atoms with Gasteiger partial charge in [-0.25, -0.2) is 0 Å². The number of rotatable bonds is 5. The summed E-state index contributed by atoms with van der Waals surface area (Å²) in [5.74, 6) is 0. The van der Waals surface area contributed by atoms with Gasteiger partial charge in [0.15, 0.2) is 0 Å². The Bertz CT molecular complexity index is 1010. The summed E-state index contributed by atoms with van der Waals surface area (Å²) in [5.41, 5.74) is 13.7. The van der Waals surface area contributed by atoms with Crippen LogP contribution in [0, 0.1) is 6.92 Å². The molecule has 0 aliphatic rings. The first kappa shape index (κ1) is 16.6. The van der Waals surface area contributed by atoms with Crippen LogP contribution in [0.2, 0.25) is 0 Å². The van der Waals surface area contributed by atoms with Crippen LogP contribution in [0.25, 0.3) is 22.0 Å². The molecule has 2 N–H and O–H groups in total. The van der Waals surface area contributed by atoms with Gasteiger partial charge in [0.1, 0.15) is 0 Å². The maximum absolute atomic E-state index is 5.92. The minimum Gasteiger partial charge on any atom is -0.340 e. The quantitative estimate of drug-likeness (QED) is 0.534. The number of aromatic nitrogens is 1. The molecule has 0 saturated carbocycles. The van der Waals surface area contributed by atoms with E-state index in [-0.39, 0.29) is 0 Å². The van der Waals surface area contributed by atoms with Crippen LogP contribution >= 0.6 is 0 Å². The maximum atomic E-state index is 5.92. The van der Waals surface area contributed by atoms with Gasteiger partial charge in [0.25, 0.3) is 0 Å². The van der Waals surface area contributed by atoms with Gasteiger partial charge < -0.3 is 10.3 Å². The molecule has 0 bridgehead atoms. The Hall–Kier alpha value is -2.84. The fourth-order valence-electron chi connectivity index (χ4n) is 3.79. The van der Waals surface area contributed by atoms with Gasteiger partial charge in [-0.1, -0.05) is 66.7 Å². The first-order valence-electron chi connectivity index (χ1n) is 9.19. The summed E-state index contributed by atoms with van der Waals surface area (Å²) in [6.45, 7) is 3.77. The first-order valence-corrected chi connectivity index (χ1v) is 9.19. The third-order valence-electron chi connectivity index (χ3n) is 5.14. The predicted molar refractivity (Wildman–Crippen MR) is 110 cm³/mol. The molecule has 0 atom stereocenters. The van der Waals surface area contributed by atoms with E-state index in [9.17, 15) is 0 Å². The highest BCUT2D eigenvalue weighted by atomic mass is 15.0. The Morgan fingerprint density at radius 1 is 0.808 bits per heavy atom. The topological polar surface area (TPSA) is 30.9 Å². The van der Waals surface area contributed by atoms with Crippen molar-refractivity contribution in [3.8, 4) is 11.1 Å². The van der Waals surface area contributed by atoms with E-state index >= 15 is 0 Å². The lowest BCUT2D eigenvalue weighted by Gasteiger charge is -2.09. The lowest BCUT2D eigenvalue weighted by molar-refractivity contribution is 0.792. The lowest BCUT2D eigenvalue weighted by atomic mass is 10.0. The number of nitrogens with two attached hydrogens (primary N) is 1. The summed E-state index contributed by atoms with van der Waals surface area (Å²) in [5, 5.41) is 1.32. The van der Waals surface area contributed by atoms with Gasteiger partial charge >= 0.3 is 0 Å². The van der Waals surface area contributed by atoms with Crippen molar-refractivity contribution in [2.24, 2.45) is 5.73 Å². The van der Waals surface area contributed by atoms with Crippen molar-refractivity contribution in [1.29, 1.82) is 0 Å². The molecule has 0 amide bonds. The highest BCUT2D eigenvalue weighted by Gasteiger charge is 2.14. The van der Waals surface area contributed by atoms with Crippen molar-refractivity contribution in [3.05, 3.63) is 95.7 Å². The standard InChI is InChI=1S/C24H24N2/c1-18-22(14-15-25)23-16-21(20-10-6-3-7-11-20)12-13-24(23)26(18)17-19-8-4-2-5-9-19/h2-13,16H,14-15,17,25H2,1H3. The van der Waals surface area contributed by atoms with Crippen LogP contribution in [0.15, 0.2) is 78.9 Å². The van der Waals surface area contributed by atoms with Gasteiger partial charge in [-0.2, -0.15) is 0 Å². The molecular formula is C24H24N2. The third kappa shape index (κ3) is 3.04. The molecule has 0 aliphatic carbocycles. The number of hydrogen-bond acceptors (Lipinski definition) is 1. The molecule has 0 radical (unpaired) electrons. The summed E-state index contributed by atoms with van der Waals surface area (Å²) in [4.78, 5) is 0. The van der Waals surface area contributed by atoms with E-state index in [1.54, 1.807) is 0 Å². The van der Waals surface area contributed by atoms with Crippen LogP contribution in [0.4, 0.5) is 0 Å². The van der Waals surface area contributed by atoms with Crippen LogP contribution in [-0.2, 0) is 13.0 Å². The zero-order valence-corrected chi connectivity index (χ0v) is 15.2. The van der Waals surface area contributed by atoms with E-state index in [2.05, 4.69) is 90.4 Å². The molecule has 0 spiro atoms. The Morgan fingerprint density at radius 2 is 1.50 bits per heavy atom. The minimum absolute atomic E-state index is 0.668. The van der Waals surface area contributed by atoms with Gasteiger partial charge in [0, 0.05) is 23.1 Å². The largest absolute Gasteiger partial charge is 0.340 e. The highest BCUT2D eigenvalue weighted by Crippen LogP contribution is 2.31. The van der Waals surface area contributed by atoms with E-state index < -0.39 is 0 Å². The second-order valence-corrected chi connectivity index (χ2v) is 6.77. The predicted octanol–water partition coefficient (Wildman–Crippen LogP) is 5.17. The molecule has 2 heteroatoms. The van der Waals surface area contributed by atoms with Gasteiger partial charge in [0.05, 0.1) is 0 Å². The molecule has 2 nitrogen and oxygen atoms in total. The molecular weight excluding hydrogens is 316 g/mol. The van der Waals surface area contributed by atoms with Crippen LogP contribution in [0.5, 0.6) is 0 Å². The fourth-order valence-corrected chi connectivity index (χ4v) is 3.79. The smallest absolute Gasteiger partial charge is 0.0488 e. The Morgan fingerprint density at radius 3 is 2.19 bits per heavy atom. The van der Waals surface area contributed by atoms with E-state index in [1.807, 2.05) is 0 Å². The van der Waals surface area contributed by atoms with Crippen LogP contribution < -0.4 is 5.73 Å². The Balaban J connectivity index is 1.86. The number of hydrogen-bond donors (Lipinski definition) is 1. The summed E-state index contributed by atoms with van der Waals surface area (Å²) < 4.78 is 2.42. The van der Waals surface area contributed by atoms with Gasteiger partial charge in [-0.3, -0.25) is 0 Å². The average Bonchev–Trinajstić information content (AvgIpc) is 2.95. The normalized spacial score (nSPS) is 11.2. The molecule has 4 rings (SSSR count). The van der Waals surface area contributed by atoms with Crippen molar-refractivity contribution in [1.82, 2.24) is 4.57 Å². The van der Waals surface area contributed by atoms with E-state index in [0.717, 1.165) is 13.0 Å². The molecule has 0 aliphatic heterocycles. The average molecular weight is 340 g/mol. The number of nitrogens with zero attached hydrogens (tertiary/aromatic N) is 1. The van der Waals surface area contributed by atoms with Crippen LogP contribution in [-0.4, -0.2) is 11.1 Å². The van der Waals surface area contributed by atoms with Crippen molar-refractivity contribution in [2.45, 2.75) is 19.9 Å². The molecule has 3 aromatic carbocycles. The first-order chi connectivity index (χ1) is 12.8. The molecule has 1 aromatic heterocycles.